The molecule has 0 aliphatic heterocycles. The Balaban J connectivity index is 3.37. The van der Waals surface area contributed by atoms with Crippen LogP contribution in [0.15, 0.2) is 17.3 Å². The predicted octanol–water partition coefficient (Wildman–Crippen LogP) is 1.41. The molecule has 40 valence electrons. The first kappa shape index (κ1) is 6.21. The molecule has 0 saturated carbocycles. The Hall–Kier alpha value is -0.790. The standard InChI is InChI=1S/C5H9NO/c1-3-5(2)4-6-7/h4,7H,2-3H2,1H3/b6-4+. The SMILES string of the molecule is C=C(/C=N/O)CC. The molecule has 0 bridgehead atoms. The van der Waals surface area contributed by atoms with Gasteiger partial charge in [-0.2, -0.15) is 0 Å². The van der Waals surface area contributed by atoms with Crippen LogP contribution in [0.2, 0.25) is 0 Å². The van der Waals surface area contributed by atoms with E-state index in [1.165, 1.54) is 6.21 Å². The highest BCUT2D eigenvalue weighted by atomic mass is 16.4. The van der Waals surface area contributed by atoms with Gasteiger partial charge in [0.2, 0.25) is 0 Å². The third-order valence-corrected chi connectivity index (χ3v) is 0.694. The van der Waals surface area contributed by atoms with E-state index in [0.717, 1.165) is 12.0 Å². The van der Waals surface area contributed by atoms with E-state index in [-0.39, 0.29) is 0 Å². The second-order valence-corrected chi connectivity index (χ2v) is 1.26. The zero-order valence-corrected chi connectivity index (χ0v) is 4.39. The molecule has 0 amide bonds. The number of nitrogens with zero attached hydrogens (tertiary/aromatic N) is 1. The lowest BCUT2D eigenvalue weighted by atomic mass is 10.3. The molecule has 2 nitrogen and oxygen atoms in total. The fourth-order valence-electron chi connectivity index (χ4n) is 0.173. The maximum Gasteiger partial charge on any atom is 0.0687 e. The van der Waals surface area contributed by atoms with Crippen molar-refractivity contribution >= 4 is 6.21 Å². The Morgan fingerprint density at radius 2 is 2.57 bits per heavy atom. The van der Waals surface area contributed by atoms with Crippen LogP contribution in [0.25, 0.3) is 0 Å². The fourth-order valence-corrected chi connectivity index (χ4v) is 0.173. The highest BCUT2D eigenvalue weighted by molar-refractivity contribution is 5.76. The summed E-state index contributed by atoms with van der Waals surface area (Å²) < 4.78 is 0. The Kier molecular flexibility index (Phi) is 3.02. The van der Waals surface area contributed by atoms with Gasteiger partial charge in [0, 0.05) is 0 Å². The molecule has 0 radical (unpaired) electrons. The summed E-state index contributed by atoms with van der Waals surface area (Å²) in [6.07, 6.45) is 2.17. The highest BCUT2D eigenvalue weighted by Gasteiger charge is 1.77. The molecular formula is C5H9NO. The number of allylic oxidation sites excluding steroid dienone is 1. The minimum atomic E-state index is 0.836. The maximum atomic E-state index is 7.88. The summed E-state index contributed by atoms with van der Waals surface area (Å²) in [6, 6.07) is 0. The van der Waals surface area contributed by atoms with Gasteiger partial charge in [0.1, 0.15) is 0 Å². The molecule has 0 aromatic carbocycles. The largest absolute Gasteiger partial charge is 0.411 e. The van der Waals surface area contributed by atoms with Crippen LogP contribution in [-0.4, -0.2) is 11.4 Å². The first-order valence-corrected chi connectivity index (χ1v) is 2.16. The van der Waals surface area contributed by atoms with Crippen LogP contribution in [0.1, 0.15) is 13.3 Å². The smallest absolute Gasteiger partial charge is 0.0687 e. The molecule has 1 N–H and O–H groups in total. The highest BCUT2D eigenvalue weighted by Crippen LogP contribution is 1.88. The van der Waals surface area contributed by atoms with Gasteiger partial charge < -0.3 is 5.21 Å². The van der Waals surface area contributed by atoms with Crippen LogP contribution < -0.4 is 0 Å². The molecule has 7 heavy (non-hydrogen) atoms. The summed E-state index contributed by atoms with van der Waals surface area (Å²) in [5.41, 5.74) is 0.836. The van der Waals surface area contributed by atoms with Crippen LogP contribution in [0.3, 0.4) is 0 Å². The maximum absolute atomic E-state index is 7.88. The molecule has 0 aliphatic rings. The Bertz CT molecular complexity index is 86.1. The summed E-state index contributed by atoms with van der Waals surface area (Å²) in [4.78, 5) is 0. The topological polar surface area (TPSA) is 32.6 Å². The van der Waals surface area contributed by atoms with Gasteiger partial charge >= 0.3 is 0 Å². The van der Waals surface area contributed by atoms with Crippen molar-refractivity contribution in [1.82, 2.24) is 0 Å². The minimum absolute atomic E-state index is 0.836. The van der Waals surface area contributed by atoms with E-state index in [4.69, 9.17) is 5.21 Å². The molecule has 0 aromatic heterocycles. The van der Waals surface area contributed by atoms with Crippen molar-refractivity contribution in [2.24, 2.45) is 5.16 Å². The third-order valence-electron chi connectivity index (χ3n) is 0.694. The molecular weight excluding hydrogens is 90.1 g/mol. The summed E-state index contributed by atoms with van der Waals surface area (Å²) in [5, 5.41) is 10.7. The number of hydrogen-bond donors (Lipinski definition) is 1. The molecule has 0 atom stereocenters. The quantitative estimate of drug-likeness (QED) is 0.317. The summed E-state index contributed by atoms with van der Waals surface area (Å²) in [5.74, 6) is 0. The van der Waals surface area contributed by atoms with E-state index < -0.39 is 0 Å². The van der Waals surface area contributed by atoms with Crippen molar-refractivity contribution < 1.29 is 5.21 Å². The van der Waals surface area contributed by atoms with Gasteiger partial charge in [0.05, 0.1) is 6.21 Å². The molecule has 0 spiro atoms. The van der Waals surface area contributed by atoms with E-state index >= 15 is 0 Å². The van der Waals surface area contributed by atoms with Crippen molar-refractivity contribution in [1.29, 1.82) is 0 Å². The third kappa shape index (κ3) is 3.03. The van der Waals surface area contributed by atoms with Crippen LogP contribution in [-0.2, 0) is 0 Å². The van der Waals surface area contributed by atoms with Gasteiger partial charge in [0.15, 0.2) is 0 Å². The van der Waals surface area contributed by atoms with Crippen LogP contribution in [0, 0.1) is 0 Å². The second-order valence-electron chi connectivity index (χ2n) is 1.26. The van der Waals surface area contributed by atoms with Crippen molar-refractivity contribution in [3.63, 3.8) is 0 Å². The molecule has 0 heterocycles. The van der Waals surface area contributed by atoms with Crippen molar-refractivity contribution in [3.05, 3.63) is 12.2 Å². The van der Waals surface area contributed by atoms with Gasteiger partial charge in [-0.05, 0) is 12.0 Å². The summed E-state index contributed by atoms with van der Waals surface area (Å²) >= 11 is 0. The van der Waals surface area contributed by atoms with Gasteiger partial charge in [-0.15, -0.1) is 0 Å². The summed E-state index contributed by atoms with van der Waals surface area (Å²) in [7, 11) is 0. The van der Waals surface area contributed by atoms with Gasteiger partial charge in [-0.1, -0.05) is 18.7 Å². The Morgan fingerprint density at radius 1 is 2.00 bits per heavy atom. The lowest BCUT2D eigenvalue weighted by Gasteiger charge is -1.83. The normalized spacial score (nSPS) is 9.86. The first-order chi connectivity index (χ1) is 3.31. The molecule has 0 rings (SSSR count). The summed E-state index contributed by atoms with van der Waals surface area (Å²) in [6.45, 7) is 5.50. The van der Waals surface area contributed by atoms with E-state index in [9.17, 15) is 0 Å². The van der Waals surface area contributed by atoms with E-state index in [1.807, 2.05) is 6.92 Å². The number of rotatable bonds is 2. The van der Waals surface area contributed by atoms with E-state index in [2.05, 4.69) is 11.7 Å². The van der Waals surface area contributed by atoms with Gasteiger partial charge in [-0.25, -0.2) is 0 Å². The fraction of sp³-hybridized carbons (Fsp3) is 0.400. The van der Waals surface area contributed by atoms with E-state index in [1.54, 1.807) is 0 Å². The molecule has 0 fully saturated rings. The van der Waals surface area contributed by atoms with Crippen LogP contribution >= 0.6 is 0 Å². The van der Waals surface area contributed by atoms with Crippen LogP contribution in [0.5, 0.6) is 0 Å². The minimum Gasteiger partial charge on any atom is -0.411 e. The Labute approximate surface area is 43.2 Å². The lowest BCUT2D eigenvalue weighted by Crippen LogP contribution is -1.76. The Morgan fingerprint density at radius 3 is 2.71 bits per heavy atom. The van der Waals surface area contributed by atoms with Gasteiger partial charge in [0.25, 0.3) is 0 Å². The molecule has 0 unspecified atom stereocenters. The average Bonchev–Trinajstić information content (AvgIpc) is 1.68. The van der Waals surface area contributed by atoms with E-state index in [0.29, 0.717) is 0 Å². The number of oxime groups is 1. The van der Waals surface area contributed by atoms with Crippen molar-refractivity contribution in [2.75, 3.05) is 0 Å². The van der Waals surface area contributed by atoms with Crippen molar-refractivity contribution in [3.8, 4) is 0 Å². The predicted molar refractivity (Wildman–Crippen MR) is 29.7 cm³/mol. The lowest BCUT2D eigenvalue weighted by molar-refractivity contribution is 0.321. The first-order valence-electron chi connectivity index (χ1n) is 2.16. The number of hydrogen-bond acceptors (Lipinski definition) is 2. The molecule has 0 aliphatic carbocycles. The monoisotopic (exact) mass is 99.1 g/mol. The zero-order valence-electron chi connectivity index (χ0n) is 4.39. The van der Waals surface area contributed by atoms with Crippen LogP contribution in [0.4, 0.5) is 0 Å². The zero-order chi connectivity index (χ0) is 5.70. The second kappa shape index (κ2) is 3.40. The molecule has 0 saturated heterocycles. The molecule has 2 heteroatoms. The average molecular weight is 99.1 g/mol. The van der Waals surface area contributed by atoms with Gasteiger partial charge in [-0.3, -0.25) is 0 Å². The van der Waals surface area contributed by atoms with Crippen molar-refractivity contribution in [2.45, 2.75) is 13.3 Å². The molecule has 0 aromatic rings.